The molecule has 17 heavy (non-hydrogen) atoms. The van der Waals surface area contributed by atoms with Crippen LogP contribution in [-0.4, -0.2) is 10.9 Å². The van der Waals surface area contributed by atoms with Crippen LogP contribution in [0.4, 0.5) is 4.39 Å². The quantitative estimate of drug-likeness (QED) is 0.596. The van der Waals surface area contributed by atoms with Crippen molar-refractivity contribution >= 4 is 16.9 Å². The lowest BCUT2D eigenvalue weighted by Crippen LogP contribution is -1.87. The molecule has 4 heteroatoms. The van der Waals surface area contributed by atoms with Crippen molar-refractivity contribution in [3.8, 4) is 17.9 Å². The first-order chi connectivity index (χ1) is 8.13. The van der Waals surface area contributed by atoms with Crippen LogP contribution in [0.25, 0.3) is 0 Å². The van der Waals surface area contributed by atoms with Gasteiger partial charge in [0.15, 0.2) is 5.12 Å². The average Bonchev–Trinajstić information content (AvgIpc) is 2.28. The van der Waals surface area contributed by atoms with Gasteiger partial charge in [-0.25, -0.2) is 4.39 Å². The number of hydrogen-bond donors (Lipinski definition) is 0. The summed E-state index contributed by atoms with van der Waals surface area (Å²) >= 11 is 1.20. The fraction of sp³-hybridized carbons (Fsp3) is 0.231. The second kappa shape index (κ2) is 6.73. The Bertz CT molecular complexity index is 522. The van der Waals surface area contributed by atoms with Crippen molar-refractivity contribution in [2.45, 2.75) is 13.3 Å². The molecule has 0 heterocycles. The van der Waals surface area contributed by atoms with Crippen LogP contribution in [0, 0.1) is 29.0 Å². The first-order valence-corrected chi connectivity index (χ1v) is 5.94. The molecule has 0 unspecified atom stereocenters. The number of rotatable bonds is 2. The summed E-state index contributed by atoms with van der Waals surface area (Å²) in [6.07, 6.45) is 0.533. The summed E-state index contributed by atoms with van der Waals surface area (Å²) in [5, 5.41) is 8.85. The molecule has 1 rings (SSSR count). The Labute approximate surface area is 104 Å². The number of hydrogen-bond acceptors (Lipinski definition) is 3. The number of benzene rings is 1. The molecular formula is C13H10FNOS. The van der Waals surface area contributed by atoms with Crippen LogP contribution in [0.2, 0.25) is 0 Å². The predicted molar refractivity (Wildman–Crippen MR) is 65.7 cm³/mol. The molecule has 0 aromatic heterocycles. The van der Waals surface area contributed by atoms with Crippen LogP contribution >= 0.6 is 11.8 Å². The molecule has 2 nitrogen and oxygen atoms in total. The number of thioether (sulfide) groups is 1. The highest BCUT2D eigenvalue weighted by atomic mass is 32.2. The van der Waals surface area contributed by atoms with Gasteiger partial charge in [0.2, 0.25) is 0 Å². The van der Waals surface area contributed by atoms with Gasteiger partial charge >= 0.3 is 0 Å². The first kappa shape index (κ1) is 13.3. The molecule has 0 fully saturated rings. The van der Waals surface area contributed by atoms with E-state index in [0.29, 0.717) is 23.3 Å². The Balaban J connectivity index is 2.68. The molecule has 1 aromatic rings. The number of nitrogens with zero attached hydrogens (tertiary/aromatic N) is 1. The van der Waals surface area contributed by atoms with Crippen LogP contribution < -0.4 is 0 Å². The zero-order valence-corrected chi connectivity index (χ0v) is 10.1. The fourth-order valence-corrected chi connectivity index (χ4v) is 1.61. The minimum atomic E-state index is -0.411. The smallest absolute Gasteiger partial charge is 0.185 e. The van der Waals surface area contributed by atoms with E-state index in [2.05, 4.69) is 11.8 Å². The highest BCUT2D eigenvalue weighted by molar-refractivity contribution is 8.13. The molecule has 86 valence electrons. The maximum absolute atomic E-state index is 12.9. The third-order valence-corrected chi connectivity index (χ3v) is 2.67. The van der Waals surface area contributed by atoms with Crippen molar-refractivity contribution in [1.82, 2.24) is 0 Å². The topological polar surface area (TPSA) is 40.9 Å². The van der Waals surface area contributed by atoms with Gasteiger partial charge in [0.1, 0.15) is 11.9 Å². The monoisotopic (exact) mass is 247 g/mol. The summed E-state index contributed by atoms with van der Waals surface area (Å²) in [6, 6.07) is 5.83. The van der Waals surface area contributed by atoms with Gasteiger partial charge < -0.3 is 0 Å². The van der Waals surface area contributed by atoms with E-state index >= 15 is 0 Å². The van der Waals surface area contributed by atoms with Crippen LogP contribution in [0.3, 0.4) is 0 Å². The Hall–Kier alpha value is -1.78. The van der Waals surface area contributed by atoms with E-state index in [1.54, 1.807) is 0 Å². The Kier molecular flexibility index (Phi) is 5.26. The van der Waals surface area contributed by atoms with E-state index < -0.39 is 5.82 Å². The standard InChI is InChI=1S/C13H10FNOS/c1-10(16)17-7-3-2-4-11-8-13(14)6-5-12(11)9-15/h5-6,8H,3,7H2,1H3. The molecule has 0 aliphatic rings. The molecular weight excluding hydrogens is 237 g/mol. The second-order valence-electron chi connectivity index (χ2n) is 3.19. The molecule has 0 spiro atoms. The van der Waals surface area contributed by atoms with Gasteiger partial charge in [-0.15, -0.1) is 0 Å². The van der Waals surface area contributed by atoms with Crippen LogP contribution in [0.1, 0.15) is 24.5 Å². The largest absolute Gasteiger partial charge is 0.288 e. The SMILES string of the molecule is CC(=O)SCCC#Cc1cc(F)ccc1C#N. The normalized spacial score (nSPS) is 9.00. The summed E-state index contributed by atoms with van der Waals surface area (Å²) in [5.41, 5.74) is 0.749. The second-order valence-corrected chi connectivity index (χ2v) is 4.47. The van der Waals surface area contributed by atoms with Gasteiger partial charge in [-0.05, 0) is 18.2 Å². The molecule has 0 saturated heterocycles. The summed E-state index contributed by atoms with van der Waals surface area (Å²) in [7, 11) is 0. The molecule has 0 bridgehead atoms. The molecule has 0 amide bonds. The third kappa shape index (κ3) is 4.72. The number of carbonyl (C=O) groups is 1. The minimum Gasteiger partial charge on any atom is -0.288 e. The van der Waals surface area contributed by atoms with E-state index in [9.17, 15) is 9.18 Å². The van der Waals surface area contributed by atoms with Gasteiger partial charge in [-0.1, -0.05) is 23.6 Å². The Morgan fingerprint density at radius 1 is 1.47 bits per heavy atom. The van der Waals surface area contributed by atoms with Gasteiger partial charge in [-0.2, -0.15) is 5.26 Å². The zero-order chi connectivity index (χ0) is 12.7. The summed E-state index contributed by atoms with van der Waals surface area (Å²) < 4.78 is 12.9. The summed E-state index contributed by atoms with van der Waals surface area (Å²) in [6.45, 7) is 1.50. The lowest BCUT2D eigenvalue weighted by molar-refractivity contribution is -0.109. The van der Waals surface area contributed by atoms with Crippen LogP contribution in [0.15, 0.2) is 18.2 Å². The summed E-state index contributed by atoms with van der Waals surface area (Å²) in [4.78, 5) is 10.6. The Morgan fingerprint density at radius 3 is 2.88 bits per heavy atom. The lowest BCUT2D eigenvalue weighted by Gasteiger charge is -1.94. The van der Waals surface area contributed by atoms with Gasteiger partial charge in [0.05, 0.1) is 5.56 Å². The molecule has 0 aliphatic carbocycles. The number of nitriles is 1. The van der Waals surface area contributed by atoms with Crippen molar-refractivity contribution in [3.05, 3.63) is 35.1 Å². The molecule has 0 N–H and O–H groups in total. The van der Waals surface area contributed by atoms with Gasteiger partial charge in [-0.3, -0.25) is 4.79 Å². The molecule has 0 saturated carbocycles. The first-order valence-electron chi connectivity index (χ1n) is 4.95. The van der Waals surface area contributed by atoms with Gasteiger partial charge in [0.25, 0.3) is 0 Å². The molecule has 1 aromatic carbocycles. The van der Waals surface area contributed by atoms with Crippen molar-refractivity contribution in [2.24, 2.45) is 0 Å². The maximum Gasteiger partial charge on any atom is 0.185 e. The van der Waals surface area contributed by atoms with Crippen LogP contribution in [-0.2, 0) is 4.79 Å². The van der Waals surface area contributed by atoms with E-state index in [1.165, 1.54) is 36.9 Å². The molecule has 0 aliphatic heterocycles. The van der Waals surface area contributed by atoms with Crippen molar-refractivity contribution in [3.63, 3.8) is 0 Å². The maximum atomic E-state index is 12.9. The zero-order valence-electron chi connectivity index (χ0n) is 9.29. The molecule has 0 atom stereocenters. The highest BCUT2D eigenvalue weighted by Crippen LogP contribution is 2.09. The van der Waals surface area contributed by atoms with Crippen molar-refractivity contribution in [2.75, 3.05) is 5.75 Å². The fourth-order valence-electron chi connectivity index (χ4n) is 1.12. The molecule has 0 radical (unpaired) electrons. The van der Waals surface area contributed by atoms with E-state index in [4.69, 9.17) is 5.26 Å². The van der Waals surface area contributed by atoms with Gasteiger partial charge in [0, 0.05) is 24.7 Å². The van der Waals surface area contributed by atoms with E-state index in [1.807, 2.05) is 6.07 Å². The van der Waals surface area contributed by atoms with E-state index in [-0.39, 0.29) is 5.12 Å². The predicted octanol–water partition coefficient (Wildman–Crippen LogP) is 2.72. The minimum absolute atomic E-state index is 0.0512. The van der Waals surface area contributed by atoms with E-state index in [0.717, 1.165) is 0 Å². The average molecular weight is 247 g/mol. The highest BCUT2D eigenvalue weighted by Gasteiger charge is 2.00. The summed E-state index contributed by atoms with van der Waals surface area (Å²) in [5.74, 6) is 5.76. The van der Waals surface area contributed by atoms with Crippen molar-refractivity contribution in [1.29, 1.82) is 5.26 Å². The number of halogens is 1. The number of carbonyl (C=O) groups excluding carboxylic acids is 1. The van der Waals surface area contributed by atoms with Crippen LogP contribution in [0.5, 0.6) is 0 Å². The third-order valence-electron chi connectivity index (χ3n) is 1.86. The Morgan fingerprint density at radius 2 is 2.24 bits per heavy atom. The lowest BCUT2D eigenvalue weighted by atomic mass is 10.1. The van der Waals surface area contributed by atoms with Crippen molar-refractivity contribution < 1.29 is 9.18 Å².